The highest BCUT2D eigenvalue weighted by molar-refractivity contribution is 5.88. The molecule has 1 atom stereocenters. The van der Waals surface area contributed by atoms with Crippen LogP contribution in [0.3, 0.4) is 0 Å². The lowest BCUT2D eigenvalue weighted by molar-refractivity contribution is -0.226. The molecule has 1 N–H and O–H groups in total. The fourth-order valence-electron chi connectivity index (χ4n) is 2.13. The quantitative estimate of drug-likeness (QED) is 0.351. The summed E-state index contributed by atoms with van der Waals surface area (Å²) in [5.41, 5.74) is 1.10. The molecule has 0 heterocycles. The summed E-state index contributed by atoms with van der Waals surface area (Å²) < 4.78 is 0. The normalized spacial score (nSPS) is 11.3. The van der Waals surface area contributed by atoms with E-state index >= 15 is 0 Å². The first kappa shape index (κ1) is 16.3. The van der Waals surface area contributed by atoms with E-state index in [0.29, 0.717) is 0 Å². The van der Waals surface area contributed by atoms with Crippen LogP contribution < -0.4 is 0 Å². The van der Waals surface area contributed by atoms with Gasteiger partial charge in [0.25, 0.3) is 0 Å². The van der Waals surface area contributed by atoms with Gasteiger partial charge in [-0.3, -0.25) is 4.89 Å². The molecule has 1 aromatic rings. The SMILES string of the molecule is CCCCCCCC(C#CC(=O)OO)c1ccccc1. The molecule has 1 rings (SSSR count). The summed E-state index contributed by atoms with van der Waals surface area (Å²) in [6, 6.07) is 9.90. The standard InChI is InChI=1S/C17H22O3/c1-2-3-4-5-7-12-16(13-14-17(18)20-19)15-10-8-6-9-11-15/h6,8-11,16,19H,2-5,7,12H2,1H3. The summed E-state index contributed by atoms with van der Waals surface area (Å²) in [4.78, 5) is 14.5. The molecule has 0 aliphatic carbocycles. The Balaban J connectivity index is 2.60. The van der Waals surface area contributed by atoms with Gasteiger partial charge in [0.1, 0.15) is 0 Å². The Bertz CT molecular complexity index is 442. The average Bonchev–Trinajstić information content (AvgIpc) is 2.50. The highest BCUT2D eigenvalue weighted by atomic mass is 17.1. The van der Waals surface area contributed by atoms with Gasteiger partial charge in [-0.05, 0) is 12.0 Å². The maximum atomic E-state index is 10.9. The molecule has 0 spiro atoms. The van der Waals surface area contributed by atoms with Crippen molar-refractivity contribution >= 4 is 5.97 Å². The second-order valence-electron chi connectivity index (χ2n) is 4.81. The first-order chi connectivity index (χ1) is 9.77. The summed E-state index contributed by atoms with van der Waals surface area (Å²) in [5, 5.41) is 8.24. The lowest BCUT2D eigenvalue weighted by atomic mass is 9.93. The van der Waals surface area contributed by atoms with Crippen LogP contribution in [-0.4, -0.2) is 11.2 Å². The third-order valence-corrected chi connectivity index (χ3v) is 3.23. The summed E-state index contributed by atoms with van der Waals surface area (Å²) in [7, 11) is 0. The fraction of sp³-hybridized carbons (Fsp3) is 0.471. The Hall–Kier alpha value is -1.79. The molecule has 108 valence electrons. The number of benzene rings is 1. The van der Waals surface area contributed by atoms with Gasteiger partial charge in [-0.25, -0.2) is 4.79 Å². The van der Waals surface area contributed by atoms with Gasteiger partial charge in [-0.2, -0.15) is 5.26 Å². The van der Waals surface area contributed by atoms with Crippen LogP contribution in [-0.2, 0) is 9.68 Å². The van der Waals surface area contributed by atoms with Crippen molar-refractivity contribution < 1.29 is 14.9 Å². The lowest BCUT2D eigenvalue weighted by Crippen LogP contribution is -2.00. The van der Waals surface area contributed by atoms with Gasteiger partial charge in [0.15, 0.2) is 0 Å². The van der Waals surface area contributed by atoms with Crippen LogP contribution >= 0.6 is 0 Å². The van der Waals surface area contributed by atoms with Crippen LogP contribution in [0.1, 0.15) is 56.9 Å². The third-order valence-electron chi connectivity index (χ3n) is 3.23. The molecule has 0 amide bonds. The summed E-state index contributed by atoms with van der Waals surface area (Å²) in [6.45, 7) is 2.19. The van der Waals surface area contributed by atoms with Crippen LogP contribution in [0.15, 0.2) is 30.3 Å². The third kappa shape index (κ3) is 6.40. The number of rotatable bonds is 7. The fourth-order valence-corrected chi connectivity index (χ4v) is 2.13. The van der Waals surface area contributed by atoms with Gasteiger partial charge in [0, 0.05) is 11.8 Å². The minimum atomic E-state index is -0.906. The first-order valence-electron chi connectivity index (χ1n) is 7.19. The molecular weight excluding hydrogens is 252 g/mol. The van der Waals surface area contributed by atoms with E-state index in [1.54, 1.807) is 0 Å². The van der Waals surface area contributed by atoms with E-state index in [4.69, 9.17) is 5.26 Å². The van der Waals surface area contributed by atoms with Crippen molar-refractivity contribution in [2.45, 2.75) is 51.4 Å². The minimum absolute atomic E-state index is 0.0110. The maximum absolute atomic E-state index is 10.9. The molecule has 0 aliphatic rings. The van der Waals surface area contributed by atoms with E-state index in [0.717, 1.165) is 18.4 Å². The molecule has 0 radical (unpaired) electrons. The van der Waals surface area contributed by atoms with Crippen LogP contribution in [0, 0.1) is 11.8 Å². The van der Waals surface area contributed by atoms with Crippen molar-refractivity contribution in [3.8, 4) is 11.8 Å². The second kappa shape index (κ2) is 10.1. The molecule has 0 saturated heterocycles. The number of unbranched alkanes of at least 4 members (excludes halogenated alkanes) is 4. The van der Waals surface area contributed by atoms with Gasteiger partial charge in [0.05, 0.1) is 0 Å². The monoisotopic (exact) mass is 274 g/mol. The topological polar surface area (TPSA) is 46.5 Å². The Kier molecular flexibility index (Phi) is 8.17. The number of carbonyl (C=O) groups is 1. The predicted octanol–water partition coefficient (Wildman–Crippen LogP) is 4.15. The number of hydrogen-bond acceptors (Lipinski definition) is 3. The van der Waals surface area contributed by atoms with E-state index in [2.05, 4.69) is 23.7 Å². The highest BCUT2D eigenvalue weighted by Crippen LogP contribution is 2.22. The van der Waals surface area contributed by atoms with Crippen molar-refractivity contribution in [1.82, 2.24) is 0 Å². The van der Waals surface area contributed by atoms with Crippen LogP contribution in [0.25, 0.3) is 0 Å². The van der Waals surface area contributed by atoms with Gasteiger partial charge >= 0.3 is 5.97 Å². The average molecular weight is 274 g/mol. The Morgan fingerprint density at radius 2 is 1.90 bits per heavy atom. The Labute approximate surface area is 120 Å². The molecule has 0 aliphatic heterocycles. The van der Waals surface area contributed by atoms with Crippen molar-refractivity contribution in [2.24, 2.45) is 0 Å². The summed E-state index contributed by atoms with van der Waals surface area (Å²) in [5.74, 6) is 4.32. The van der Waals surface area contributed by atoms with Crippen molar-refractivity contribution in [2.75, 3.05) is 0 Å². The summed E-state index contributed by atoms with van der Waals surface area (Å²) in [6.07, 6.45) is 6.91. The first-order valence-corrected chi connectivity index (χ1v) is 7.19. The van der Waals surface area contributed by atoms with Crippen LogP contribution in [0.2, 0.25) is 0 Å². The second-order valence-corrected chi connectivity index (χ2v) is 4.81. The van der Waals surface area contributed by atoms with Gasteiger partial charge in [0.2, 0.25) is 0 Å². The maximum Gasteiger partial charge on any atom is 0.416 e. The van der Waals surface area contributed by atoms with Gasteiger partial charge in [-0.15, -0.1) is 0 Å². The van der Waals surface area contributed by atoms with E-state index in [-0.39, 0.29) is 5.92 Å². The minimum Gasteiger partial charge on any atom is -0.286 e. The zero-order valence-electron chi connectivity index (χ0n) is 12.0. The zero-order chi connectivity index (χ0) is 14.6. The molecule has 1 unspecified atom stereocenters. The molecule has 0 aromatic heterocycles. The lowest BCUT2D eigenvalue weighted by Gasteiger charge is -2.10. The van der Waals surface area contributed by atoms with Gasteiger partial charge < -0.3 is 0 Å². The number of hydrogen-bond donors (Lipinski definition) is 1. The van der Waals surface area contributed by atoms with E-state index < -0.39 is 5.97 Å². The van der Waals surface area contributed by atoms with Crippen molar-refractivity contribution in [3.63, 3.8) is 0 Å². The molecule has 1 aromatic carbocycles. The molecule has 0 fully saturated rings. The van der Waals surface area contributed by atoms with Crippen LogP contribution in [0.4, 0.5) is 0 Å². The predicted molar refractivity (Wildman–Crippen MR) is 79.1 cm³/mol. The van der Waals surface area contributed by atoms with Crippen molar-refractivity contribution in [1.29, 1.82) is 0 Å². The molecule has 3 heteroatoms. The van der Waals surface area contributed by atoms with Gasteiger partial charge in [-0.1, -0.05) is 75.3 Å². The van der Waals surface area contributed by atoms with Crippen molar-refractivity contribution in [3.05, 3.63) is 35.9 Å². The largest absolute Gasteiger partial charge is 0.416 e. The smallest absolute Gasteiger partial charge is 0.286 e. The Morgan fingerprint density at radius 3 is 2.55 bits per heavy atom. The summed E-state index contributed by atoms with van der Waals surface area (Å²) >= 11 is 0. The zero-order valence-corrected chi connectivity index (χ0v) is 12.0. The molecule has 0 saturated carbocycles. The molecule has 20 heavy (non-hydrogen) atoms. The van der Waals surface area contributed by atoms with E-state index in [1.165, 1.54) is 25.7 Å². The Morgan fingerprint density at radius 1 is 1.20 bits per heavy atom. The molecule has 3 nitrogen and oxygen atoms in total. The number of carbonyl (C=O) groups excluding carboxylic acids is 1. The van der Waals surface area contributed by atoms with E-state index in [1.807, 2.05) is 30.3 Å². The highest BCUT2D eigenvalue weighted by Gasteiger charge is 2.08. The molecule has 0 bridgehead atoms. The van der Waals surface area contributed by atoms with Crippen LogP contribution in [0.5, 0.6) is 0 Å². The van der Waals surface area contributed by atoms with E-state index in [9.17, 15) is 4.79 Å². The molecular formula is C17H22O3.